The summed E-state index contributed by atoms with van der Waals surface area (Å²) in [4.78, 5) is 8.45. The van der Waals surface area contributed by atoms with Crippen molar-refractivity contribution in [1.82, 2.24) is 9.97 Å². The van der Waals surface area contributed by atoms with Gasteiger partial charge in [0.25, 0.3) is 0 Å². The van der Waals surface area contributed by atoms with Gasteiger partial charge in [0.15, 0.2) is 0 Å². The Morgan fingerprint density at radius 2 is 2.44 bits per heavy atom. The van der Waals surface area contributed by atoms with E-state index < -0.39 is 0 Å². The number of rotatable bonds is 5. The molecular weight excluding hydrogens is 270 g/mol. The molecule has 16 heavy (non-hydrogen) atoms. The molecule has 1 aliphatic rings. The summed E-state index contributed by atoms with van der Waals surface area (Å²) < 4.78 is 5.59. The van der Waals surface area contributed by atoms with Crippen LogP contribution < -0.4 is 5.32 Å². The zero-order chi connectivity index (χ0) is 11.2. The number of nitrogens with one attached hydrogen (secondary N) is 1. The lowest BCUT2D eigenvalue weighted by Crippen LogP contribution is -2.06. The molecule has 2 rings (SSSR count). The molecule has 1 aliphatic heterocycles. The monoisotopic (exact) mass is 285 g/mol. The molecule has 5 heteroatoms. The number of hydrogen-bond donors (Lipinski definition) is 1. The Morgan fingerprint density at radius 1 is 1.50 bits per heavy atom. The van der Waals surface area contributed by atoms with Gasteiger partial charge in [0.05, 0.1) is 11.8 Å². The highest BCUT2D eigenvalue weighted by Gasteiger charge is 2.19. The minimum absolute atomic E-state index is 0.166. The van der Waals surface area contributed by atoms with E-state index >= 15 is 0 Å². The van der Waals surface area contributed by atoms with Gasteiger partial charge in [-0.3, -0.25) is 0 Å². The van der Waals surface area contributed by atoms with E-state index in [2.05, 4.69) is 31.2 Å². The summed E-state index contributed by atoms with van der Waals surface area (Å²) in [7, 11) is 0. The molecular formula is C11H16BrN3O. The summed E-state index contributed by atoms with van der Waals surface area (Å²) in [6, 6.07) is 1.99. The molecule has 1 N–H and O–H groups in total. The van der Waals surface area contributed by atoms with Crippen LogP contribution in [0.5, 0.6) is 0 Å². The molecule has 0 aromatic carbocycles. The second kappa shape index (κ2) is 6.15. The highest BCUT2D eigenvalue weighted by Crippen LogP contribution is 2.27. The van der Waals surface area contributed by atoms with Crippen molar-refractivity contribution in [3.63, 3.8) is 0 Å². The van der Waals surface area contributed by atoms with Crippen molar-refractivity contribution in [2.75, 3.05) is 23.8 Å². The Kier molecular flexibility index (Phi) is 4.54. The van der Waals surface area contributed by atoms with Crippen molar-refractivity contribution in [2.24, 2.45) is 0 Å². The molecule has 1 atom stereocenters. The number of ether oxygens (including phenoxy) is 1. The van der Waals surface area contributed by atoms with Crippen molar-refractivity contribution >= 4 is 21.7 Å². The first-order chi connectivity index (χ1) is 7.90. The van der Waals surface area contributed by atoms with Gasteiger partial charge >= 0.3 is 0 Å². The maximum absolute atomic E-state index is 5.59. The maximum Gasteiger partial charge on any atom is 0.129 e. The van der Waals surface area contributed by atoms with Gasteiger partial charge in [0.2, 0.25) is 0 Å². The van der Waals surface area contributed by atoms with Crippen LogP contribution in [-0.2, 0) is 4.74 Å². The van der Waals surface area contributed by atoms with Crippen LogP contribution >= 0.6 is 15.9 Å². The van der Waals surface area contributed by atoms with Crippen LogP contribution in [0.4, 0.5) is 5.82 Å². The quantitative estimate of drug-likeness (QED) is 0.667. The number of anilines is 1. The van der Waals surface area contributed by atoms with Crippen LogP contribution in [0.2, 0.25) is 0 Å². The van der Waals surface area contributed by atoms with E-state index in [1.165, 1.54) is 0 Å². The second-order valence-electron chi connectivity index (χ2n) is 3.80. The molecule has 88 valence electrons. The minimum atomic E-state index is 0.166. The van der Waals surface area contributed by atoms with Gasteiger partial charge in [0.1, 0.15) is 12.1 Å². The zero-order valence-corrected chi connectivity index (χ0v) is 10.7. The Hall–Kier alpha value is -0.680. The first-order valence-electron chi connectivity index (χ1n) is 5.63. The lowest BCUT2D eigenvalue weighted by atomic mass is 10.2. The third-order valence-corrected chi connectivity index (χ3v) is 3.13. The second-order valence-corrected chi connectivity index (χ2v) is 4.59. The van der Waals surface area contributed by atoms with Gasteiger partial charge in [-0.15, -0.1) is 0 Å². The van der Waals surface area contributed by atoms with E-state index in [0.29, 0.717) is 0 Å². The molecule has 0 bridgehead atoms. The third kappa shape index (κ3) is 3.15. The minimum Gasteiger partial charge on any atom is -0.372 e. The fourth-order valence-electron chi connectivity index (χ4n) is 1.74. The lowest BCUT2D eigenvalue weighted by Gasteiger charge is -2.10. The van der Waals surface area contributed by atoms with Gasteiger partial charge in [-0.1, -0.05) is 15.9 Å². The maximum atomic E-state index is 5.59. The first kappa shape index (κ1) is 11.8. The van der Waals surface area contributed by atoms with Crippen LogP contribution in [0, 0.1) is 0 Å². The molecule has 4 nitrogen and oxygen atoms in total. The van der Waals surface area contributed by atoms with E-state index in [0.717, 1.165) is 49.3 Å². The number of nitrogens with zero attached hydrogens (tertiary/aromatic N) is 2. The summed E-state index contributed by atoms with van der Waals surface area (Å²) in [5.41, 5.74) is 0.994. The van der Waals surface area contributed by atoms with Crippen molar-refractivity contribution in [1.29, 1.82) is 0 Å². The van der Waals surface area contributed by atoms with Crippen LogP contribution in [0.15, 0.2) is 12.4 Å². The fourth-order valence-corrected chi connectivity index (χ4v) is 2.02. The molecule has 1 unspecified atom stereocenters. The highest BCUT2D eigenvalue weighted by atomic mass is 79.9. The molecule has 0 radical (unpaired) electrons. The van der Waals surface area contributed by atoms with E-state index in [-0.39, 0.29) is 6.10 Å². The average Bonchev–Trinajstić information content (AvgIpc) is 2.83. The predicted molar refractivity (Wildman–Crippen MR) is 66.9 cm³/mol. The smallest absolute Gasteiger partial charge is 0.129 e. The van der Waals surface area contributed by atoms with Crippen LogP contribution in [0.3, 0.4) is 0 Å². The Balaban J connectivity index is 1.95. The van der Waals surface area contributed by atoms with Gasteiger partial charge in [-0.05, 0) is 19.3 Å². The van der Waals surface area contributed by atoms with Crippen molar-refractivity contribution in [2.45, 2.75) is 25.4 Å². The molecule has 0 spiro atoms. The first-order valence-corrected chi connectivity index (χ1v) is 6.75. The van der Waals surface area contributed by atoms with Crippen molar-refractivity contribution in [3.8, 4) is 0 Å². The summed E-state index contributed by atoms with van der Waals surface area (Å²) in [5, 5.41) is 4.28. The SMILES string of the molecule is BrCCCNc1cc(C2CCCO2)ncn1. The Morgan fingerprint density at radius 3 is 3.19 bits per heavy atom. The topological polar surface area (TPSA) is 47.0 Å². The zero-order valence-electron chi connectivity index (χ0n) is 9.16. The van der Waals surface area contributed by atoms with Crippen molar-refractivity contribution in [3.05, 3.63) is 18.1 Å². The van der Waals surface area contributed by atoms with Gasteiger partial charge in [-0.2, -0.15) is 0 Å². The van der Waals surface area contributed by atoms with Gasteiger partial charge < -0.3 is 10.1 Å². The average molecular weight is 286 g/mol. The van der Waals surface area contributed by atoms with E-state index in [1.54, 1.807) is 6.33 Å². The standard InChI is InChI=1S/C11H16BrN3O/c12-4-2-5-13-11-7-9(14-8-15-11)10-3-1-6-16-10/h7-8,10H,1-6H2,(H,13,14,15). The van der Waals surface area contributed by atoms with Gasteiger partial charge in [-0.25, -0.2) is 9.97 Å². The summed E-state index contributed by atoms with van der Waals surface area (Å²) in [6.07, 6.45) is 5.05. The molecule has 1 fully saturated rings. The van der Waals surface area contributed by atoms with Crippen molar-refractivity contribution < 1.29 is 4.74 Å². The summed E-state index contributed by atoms with van der Waals surface area (Å²) >= 11 is 3.40. The van der Waals surface area contributed by atoms with Crippen LogP contribution in [0.25, 0.3) is 0 Å². The van der Waals surface area contributed by atoms with E-state index in [9.17, 15) is 0 Å². The Bertz CT molecular complexity index is 329. The number of hydrogen-bond acceptors (Lipinski definition) is 4. The summed E-state index contributed by atoms with van der Waals surface area (Å²) in [6.45, 7) is 1.77. The number of aromatic nitrogens is 2. The normalized spacial score (nSPS) is 19.9. The largest absolute Gasteiger partial charge is 0.372 e. The number of halogens is 1. The molecule has 1 aromatic heterocycles. The lowest BCUT2D eigenvalue weighted by molar-refractivity contribution is 0.108. The molecule has 2 heterocycles. The Labute approximate surface area is 104 Å². The molecule has 1 aromatic rings. The van der Waals surface area contributed by atoms with Crippen LogP contribution in [0.1, 0.15) is 31.1 Å². The fraction of sp³-hybridized carbons (Fsp3) is 0.636. The molecule has 0 aliphatic carbocycles. The predicted octanol–water partition coefficient (Wildman–Crippen LogP) is 2.53. The molecule has 0 amide bonds. The van der Waals surface area contributed by atoms with Crippen LogP contribution in [-0.4, -0.2) is 28.4 Å². The molecule has 1 saturated heterocycles. The van der Waals surface area contributed by atoms with Gasteiger partial charge in [0, 0.05) is 24.5 Å². The van der Waals surface area contributed by atoms with E-state index in [1.807, 2.05) is 6.07 Å². The highest BCUT2D eigenvalue weighted by molar-refractivity contribution is 9.09. The van der Waals surface area contributed by atoms with E-state index in [4.69, 9.17) is 4.74 Å². The summed E-state index contributed by atoms with van der Waals surface area (Å²) in [5.74, 6) is 0.890. The molecule has 0 saturated carbocycles. The number of alkyl halides is 1. The third-order valence-electron chi connectivity index (χ3n) is 2.56.